The van der Waals surface area contributed by atoms with E-state index in [0.29, 0.717) is 21.9 Å². The number of aromatic nitrogens is 5. The highest BCUT2D eigenvalue weighted by Gasteiger charge is 2.17. The van der Waals surface area contributed by atoms with Crippen LogP contribution in [0.2, 0.25) is 5.02 Å². The number of hydrogen-bond acceptors (Lipinski definition) is 5. The van der Waals surface area contributed by atoms with Crippen LogP contribution in [0.5, 0.6) is 0 Å². The molecule has 0 spiro atoms. The molecular formula is C13H8ClN5O2. The molecule has 21 heavy (non-hydrogen) atoms. The number of tetrazole rings is 1. The lowest BCUT2D eigenvalue weighted by molar-refractivity contribution is 0.615. The Morgan fingerprint density at radius 3 is 2.95 bits per heavy atom. The van der Waals surface area contributed by atoms with Crippen molar-refractivity contribution in [3.63, 3.8) is 0 Å². The molecule has 0 aliphatic rings. The van der Waals surface area contributed by atoms with Crippen molar-refractivity contribution in [1.29, 1.82) is 0 Å². The summed E-state index contributed by atoms with van der Waals surface area (Å²) in [4.78, 5) is 12.4. The second-order valence-electron chi connectivity index (χ2n) is 4.62. The Bertz CT molecular complexity index is 1030. The van der Waals surface area contributed by atoms with E-state index in [2.05, 4.69) is 20.6 Å². The molecule has 0 amide bonds. The van der Waals surface area contributed by atoms with Crippen molar-refractivity contribution in [2.45, 2.75) is 0 Å². The molecule has 0 saturated heterocycles. The zero-order chi connectivity index (χ0) is 14.6. The topological polar surface area (TPSA) is 89.6 Å². The molecule has 3 heterocycles. The van der Waals surface area contributed by atoms with Gasteiger partial charge in [-0.2, -0.15) is 0 Å². The van der Waals surface area contributed by atoms with Gasteiger partial charge in [-0.1, -0.05) is 11.6 Å². The summed E-state index contributed by atoms with van der Waals surface area (Å²) in [6.45, 7) is 0. The average Bonchev–Trinajstić information content (AvgIpc) is 3.07. The monoisotopic (exact) mass is 301 g/mol. The van der Waals surface area contributed by atoms with Crippen LogP contribution in [-0.4, -0.2) is 25.2 Å². The molecule has 4 rings (SSSR count). The molecule has 0 saturated carbocycles. The van der Waals surface area contributed by atoms with E-state index >= 15 is 0 Å². The summed E-state index contributed by atoms with van der Waals surface area (Å²) in [6.07, 6.45) is 0. The van der Waals surface area contributed by atoms with E-state index in [0.717, 1.165) is 10.9 Å². The molecule has 0 aliphatic heterocycles. The maximum Gasteiger partial charge on any atom is 0.215 e. The Morgan fingerprint density at radius 2 is 2.19 bits per heavy atom. The van der Waals surface area contributed by atoms with Crippen LogP contribution >= 0.6 is 11.6 Å². The summed E-state index contributed by atoms with van der Waals surface area (Å²) in [6, 6.07) is 6.76. The van der Waals surface area contributed by atoms with E-state index in [-0.39, 0.29) is 11.2 Å². The van der Waals surface area contributed by atoms with Crippen LogP contribution in [0.4, 0.5) is 0 Å². The molecule has 1 aromatic carbocycles. The van der Waals surface area contributed by atoms with Gasteiger partial charge in [-0.25, -0.2) is 5.10 Å². The molecule has 1 N–H and O–H groups in total. The standard InChI is InChI=1S/C13H8ClN5O2/c1-19-8-3-2-6(14)4-7(8)12-11(19)9(20)5-10(21-12)13-15-17-18-16-13/h2-5H,1H3,(H,15,16,17,18). The van der Waals surface area contributed by atoms with Gasteiger partial charge in [0.2, 0.25) is 11.3 Å². The van der Waals surface area contributed by atoms with E-state index in [1.165, 1.54) is 6.07 Å². The third-order valence-corrected chi connectivity index (χ3v) is 3.64. The van der Waals surface area contributed by atoms with Crippen LogP contribution in [0.25, 0.3) is 33.6 Å². The highest BCUT2D eigenvalue weighted by atomic mass is 35.5. The van der Waals surface area contributed by atoms with Crippen molar-refractivity contribution >= 4 is 33.6 Å². The Morgan fingerprint density at radius 1 is 1.33 bits per heavy atom. The minimum absolute atomic E-state index is 0.169. The van der Waals surface area contributed by atoms with Crippen LogP contribution in [0.15, 0.2) is 33.5 Å². The Labute approximate surface area is 122 Å². The number of nitrogens with zero attached hydrogens (tertiary/aromatic N) is 4. The largest absolute Gasteiger partial charge is 0.450 e. The molecule has 8 heteroatoms. The highest BCUT2D eigenvalue weighted by molar-refractivity contribution is 6.31. The van der Waals surface area contributed by atoms with Gasteiger partial charge in [0.25, 0.3) is 0 Å². The van der Waals surface area contributed by atoms with Crippen molar-refractivity contribution in [3.8, 4) is 11.6 Å². The van der Waals surface area contributed by atoms with Gasteiger partial charge < -0.3 is 8.98 Å². The lowest BCUT2D eigenvalue weighted by Gasteiger charge is -1.97. The molecular weight excluding hydrogens is 294 g/mol. The predicted molar refractivity (Wildman–Crippen MR) is 77.1 cm³/mol. The first kappa shape index (κ1) is 12.1. The minimum Gasteiger partial charge on any atom is -0.450 e. The Balaban J connectivity index is 2.19. The third-order valence-electron chi connectivity index (χ3n) is 3.40. The second kappa shape index (κ2) is 4.16. The molecule has 0 fully saturated rings. The van der Waals surface area contributed by atoms with E-state index in [1.807, 2.05) is 13.1 Å². The van der Waals surface area contributed by atoms with Gasteiger partial charge in [0.15, 0.2) is 11.3 Å². The van der Waals surface area contributed by atoms with Crippen LogP contribution in [-0.2, 0) is 7.05 Å². The quantitative estimate of drug-likeness (QED) is 0.581. The smallest absolute Gasteiger partial charge is 0.215 e. The summed E-state index contributed by atoms with van der Waals surface area (Å²) in [5.41, 5.74) is 1.64. The Kier molecular flexibility index (Phi) is 2.40. The summed E-state index contributed by atoms with van der Waals surface area (Å²) >= 11 is 6.04. The van der Waals surface area contributed by atoms with Crippen molar-refractivity contribution in [3.05, 3.63) is 39.5 Å². The average molecular weight is 302 g/mol. The number of aryl methyl sites for hydroxylation is 1. The number of hydrogen-bond donors (Lipinski definition) is 1. The first-order chi connectivity index (χ1) is 10.1. The fourth-order valence-corrected chi connectivity index (χ4v) is 2.64. The number of benzene rings is 1. The third kappa shape index (κ3) is 1.67. The first-order valence-electron chi connectivity index (χ1n) is 6.11. The van der Waals surface area contributed by atoms with E-state index in [4.69, 9.17) is 16.0 Å². The van der Waals surface area contributed by atoms with Gasteiger partial charge in [0.1, 0.15) is 5.52 Å². The van der Waals surface area contributed by atoms with Crippen LogP contribution < -0.4 is 5.43 Å². The number of fused-ring (bicyclic) bond motifs is 3. The van der Waals surface area contributed by atoms with E-state index < -0.39 is 0 Å². The summed E-state index contributed by atoms with van der Waals surface area (Å²) < 4.78 is 7.61. The van der Waals surface area contributed by atoms with Gasteiger partial charge in [-0.05, 0) is 28.6 Å². The van der Waals surface area contributed by atoms with Crippen molar-refractivity contribution in [1.82, 2.24) is 25.2 Å². The van der Waals surface area contributed by atoms with Gasteiger partial charge in [-0.3, -0.25) is 4.79 Å². The fourth-order valence-electron chi connectivity index (χ4n) is 2.47. The molecule has 7 nitrogen and oxygen atoms in total. The normalized spacial score (nSPS) is 11.5. The molecule has 3 aromatic heterocycles. The number of H-pyrrole nitrogens is 1. The lowest BCUT2D eigenvalue weighted by Crippen LogP contribution is -2.04. The lowest BCUT2D eigenvalue weighted by atomic mass is 10.2. The van der Waals surface area contributed by atoms with Gasteiger partial charge in [-0.15, -0.1) is 5.10 Å². The SMILES string of the molecule is Cn1c2ccc(Cl)cc2c2oc(-c3nnn[nH]3)cc(=O)c21. The molecule has 0 aliphatic carbocycles. The molecule has 0 bridgehead atoms. The van der Waals surface area contributed by atoms with Gasteiger partial charge >= 0.3 is 0 Å². The number of rotatable bonds is 1. The Hall–Kier alpha value is -2.67. The van der Waals surface area contributed by atoms with Crippen molar-refractivity contribution < 1.29 is 4.42 Å². The number of halogens is 1. The van der Waals surface area contributed by atoms with E-state index in [1.54, 1.807) is 16.7 Å². The maximum atomic E-state index is 12.4. The first-order valence-corrected chi connectivity index (χ1v) is 6.49. The second-order valence-corrected chi connectivity index (χ2v) is 5.06. The molecule has 0 atom stereocenters. The summed E-state index contributed by atoms with van der Waals surface area (Å²) in [7, 11) is 1.81. The molecule has 0 radical (unpaired) electrons. The summed E-state index contributed by atoms with van der Waals surface area (Å²) in [5.74, 6) is 0.581. The number of aromatic amines is 1. The fraction of sp³-hybridized carbons (Fsp3) is 0.0769. The van der Waals surface area contributed by atoms with Crippen LogP contribution in [0, 0.1) is 0 Å². The van der Waals surface area contributed by atoms with Crippen LogP contribution in [0.1, 0.15) is 0 Å². The van der Waals surface area contributed by atoms with Gasteiger partial charge in [0.05, 0.1) is 5.52 Å². The van der Waals surface area contributed by atoms with Crippen molar-refractivity contribution in [2.75, 3.05) is 0 Å². The highest BCUT2D eigenvalue weighted by Crippen LogP contribution is 2.30. The predicted octanol–water partition coefficient (Wildman–Crippen LogP) is 2.12. The molecule has 0 unspecified atom stereocenters. The maximum absolute atomic E-state index is 12.4. The van der Waals surface area contributed by atoms with Crippen molar-refractivity contribution in [2.24, 2.45) is 7.05 Å². The minimum atomic E-state index is -0.169. The summed E-state index contributed by atoms with van der Waals surface area (Å²) in [5, 5.41) is 14.6. The number of nitrogens with one attached hydrogen (secondary N) is 1. The van der Waals surface area contributed by atoms with Gasteiger partial charge in [0, 0.05) is 23.5 Å². The molecule has 4 aromatic rings. The van der Waals surface area contributed by atoms with E-state index in [9.17, 15) is 4.79 Å². The molecule has 104 valence electrons. The zero-order valence-electron chi connectivity index (χ0n) is 10.8. The van der Waals surface area contributed by atoms with Crippen LogP contribution in [0.3, 0.4) is 0 Å². The zero-order valence-corrected chi connectivity index (χ0v) is 11.5.